The quantitative estimate of drug-likeness (QED) is 0.611. The van der Waals surface area contributed by atoms with Crippen LogP contribution in [-0.2, 0) is 6.42 Å². The van der Waals surface area contributed by atoms with Gasteiger partial charge in [-0.2, -0.15) is 4.98 Å². The van der Waals surface area contributed by atoms with Crippen LogP contribution in [0.15, 0.2) is 54.0 Å². The number of aryl methyl sites for hydroxylation is 1. The van der Waals surface area contributed by atoms with E-state index in [1.165, 1.54) is 24.0 Å². The highest BCUT2D eigenvalue weighted by Gasteiger charge is 2.12. The smallest absolute Gasteiger partial charge is 0.257 e. The Morgan fingerprint density at radius 2 is 2.00 bits per heavy atom. The molecule has 2 aromatic heterocycles. The van der Waals surface area contributed by atoms with Crippen molar-refractivity contribution in [3.05, 3.63) is 65.2 Å². The van der Waals surface area contributed by atoms with Gasteiger partial charge >= 0.3 is 0 Å². The van der Waals surface area contributed by atoms with Gasteiger partial charge in [0.25, 0.3) is 5.91 Å². The van der Waals surface area contributed by atoms with Crippen molar-refractivity contribution in [2.24, 2.45) is 0 Å². The molecule has 0 bridgehead atoms. The molecule has 0 saturated carbocycles. The lowest BCUT2D eigenvalue weighted by Gasteiger charge is -2.09. The van der Waals surface area contributed by atoms with Crippen molar-refractivity contribution in [3.63, 3.8) is 0 Å². The van der Waals surface area contributed by atoms with E-state index in [0.717, 1.165) is 12.8 Å². The number of nitrogens with one attached hydrogen (secondary N) is 1. The van der Waals surface area contributed by atoms with Crippen molar-refractivity contribution in [2.45, 2.75) is 12.8 Å². The number of ether oxygens (including phenoxy) is 2. The second-order valence-corrected chi connectivity index (χ2v) is 6.36. The molecule has 0 fully saturated rings. The lowest BCUT2D eigenvalue weighted by atomic mass is 10.1. The molecule has 0 aliphatic heterocycles. The number of carbonyl (C=O) groups excluding carboxylic acids is 1. The van der Waals surface area contributed by atoms with Gasteiger partial charge in [-0.3, -0.25) is 10.1 Å². The molecule has 0 radical (unpaired) electrons. The monoisotopic (exact) mass is 369 g/mol. The van der Waals surface area contributed by atoms with E-state index in [-0.39, 0.29) is 5.91 Å². The van der Waals surface area contributed by atoms with Gasteiger partial charge in [0.2, 0.25) is 11.8 Å². The van der Waals surface area contributed by atoms with E-state index in [2.05, 4.69) is 27.4 Å². The largest absolute Gasteiger partial charge is 0.481 e. The lowest BCUT2D eigenvalue weighted by molar-refractivity contribution is 0.102. The highest BCUT2D eigenvalue weighted by Crippen LogP contribution is 2.20. The molecule has 1 N–H and O–H groups in total. The highest BCUT2D eigenvalue weighted by atomic mass is 32.1. The molecule has 0 aliphatic rings. The Kier molecular flexibility index (Phi) is 6.16. The third-order valence-corrected chi connectivity index (χ3v) is 4.29. The number of rotatable bonds is 8. The minimum Gasteiger partial charge on any atom is -0.481 e. The van der Waals surface area contributed by atoms with Crippen LogP contribution in [0.3, 0.4) is 0 Å². The van der Waals surface area contributed by atoms with Gasteiger partial charge in [-0.25, -0.2) is 4.98 Å². The second-order valence-electron chi connectivity index (χ2n) is 5.47. The number of hydrogen-bond donors (Lipinski definition) is 1. The van der Waals surface area contributed by atoms with Gasteiger partial charge in [0.1, 0.15) is 0 Å². The maximum atomic E-state index is 12.4. The van der Waals surface area contributed by atoms with E-state index < -0.39 is 0 Å². The third-order valence-electron chi connectivity index (χ3n) is 3.61. The summed E-state index contributed by atoms with van der Waals surface area (Å²) < 4.78 is 10.9. The summed E-state index contributed by atoms with van der Waals surface area (Å²) >= 11 is 1.35. The summed E-state index contributed by atoms with van der Waals surface area (Å²) in [4.78, 5) is 20.6. The van der Waals surface area contributed by atoms with Crippen LogP contribution in [0.4, 0.5) is 5.13 Å². The zero-order valence-electron chi connectivity index (χ0n) is 14.3. The number of nitrogens with zero attached hydrogens (tertiary/aromatic N) is 2. The van der Waals surface area contributed by atoms with E-state index in [0.29, 0.717) is 29.1 Å². The summed E-state index contributed by atoms with van der Waals surface area (Å²) in [5, 5.41) is 5.07. The predicted octanol–water partition coefficient (Wildman–Crippen LogP) is 3.81. The normalized spacial score (nSPS) is 10.3. The third kappa shape index (κ3) is 5.03. The van der Waals surface area contributed by atoms with E-state index >= 15 is 0 Å². The number of amides is 1. The van der Waals surface area contributed by atoms with Crippen LogP contribution in [0, 0.1) is 0 Å². The summed E-state index contributed by atoms with van der Waals surface area (Å²) in [6.07, 6.45) is 3.40. The number of carbonyl (C=O) groups is 1. The molecular formula is C19H19N3O3S. The Labute approximate surface area is 155 Å². The fourth-order valence-corrected chi connectivity index (χ4v) is 2.87. The Morgan fingerprint density at radius 3 is 2.73 bits per heavy atom. The summed E-state index contributed by atoms with van der Waals surface area (Å²) in [5.41, 5.74) is 1.67. The van der Waals surface area contributed by atoms with Gasteiger partial charge < -0.3 is 9.47 Å². The van der Waals surface area contributed by atoms with Crippen molar-refractivity contribution in [3.8, 4) is 11.8 Å². The fourth-order valence-electron chi connectivity index (χ4n) is 2.34. The van der Waals surface area contributed by atoms with Gasteiger partial charge in [0.05, 0.1) is 19.3 Å². The first kappa shape index (κ1) is 17.9. The van der Waals surface area contributed by atoms with Crippen LogP contribution < -0.4 is 14.8 Å². The molecule has 1 amide bonds. The van der Waals surface area contributed by atoms with Crippen LogP contribution in [0.1, 0.15) is 22.3 Å². The Morgan fingerprint density at radius 1 is 1.19 bits per heavy atom. The predicted molar refractivity (Wildman–Crippen MR) is 101 cm³/mol. The molecule has 0 aliphatic carbocycles. The number of hydrogen-bond acceptors (Lipinski definition) is 6. The Balaban J connectivity index is 1.60. The van der Waals surface area contributed by atoms with Crippen molar-refractivity contribution in [2.75, 3.05) is 19.0 Å². The van der Waals surface area contributed by atoms with E-state index in [1.54, 1.807) is 23.7 Å². The topological polar surface area (TPSA) is 73.3 Å². The minimum absolute atomic E-state index is 0.283. The van der Waals surface area contributed by atoms with Gasteiger partial charge in [-0.15, -0.1) is 11.3 Å². The molecule has 26 heavy (non-hydrogen) atoms. The van der Waals surface area contributed by atoms with Crippen molar-refractivity contribution in [1.82, 2.24) is 9.97 Å². The summed E-state index contributed by atoms with van der Waals surface area (Å²) in [7, 11) is 1.50. The maximum absolute atomic E-state index is 12.4. The van der Waals surface area contributed by atoms with Gasteiger partial charge in [0.15, 0.2) is 5.13 Å². The standard InChI is InChI=1S/C19H19N3O3S/c1-24-16-12-15(18(23)22-19-20-9-11-26-19)13-17(21-16)25-10-5-8-14-6-3-2-4-7-14/h2-4,6-7,9,11-13H,5,8,10H2,1H3,(H,20,22,23). The summed E-state index contributed by atoms with van der Waals surface area (Å²) in [6.45, 7) is 0.503. The molecule has 3 rings (SSSR count). The van der Waals surface area contributed by atoms with Gasteiger partial charge in [-0.05, 0) is 18.4 Å². The van der Waals surface area contributed by atoms with Crippen LogP contribution in [-0.4, -0.2) is 29.6 Å². The average molecular weight is 369 g/mol. The zero-order chi connectivity index (χ0) is 18.2. The maximum Gasteiger partial charge on any atom is 0.257 e. The minimum atomic E-state index is -0.283. The van der Waals surface area contributed by atoms with Crippen molar-refractivity contribution in [1.29, 1.82) is 0 Å². The molecule has 134 valence electrons. The summed E-state index contributed by atoms with van der Waals surface area (Å²) in [5.74, 6) is 0.409. The van der Waals surface area contributed by atoms with Crippen LogP contribution >= 0.6 is 11.3 Å². The molecule has 7 heteroatoms. The van der Waals surface area contributed by atoms with Crippen LogP contribution in [0.25, 0.3) is 0 Å². The zero-order valence-corrected chi connectivity index (χ0v) is 15.2. The molecule has 0 unspecified atom stereocenters. The Hall–Kier alpha value is -2.93. The number of thiazole rings is 1. The number of pyridine rings is 1. The molecular weight excluding hydrogens is 350 g/mol. The van der Waals surface area contributed by atoms with Gasteiger partial charge in [0, 0.05) is 23.7 Å². The highest BCUT2D eigenvalue weighted by molar-refractivity contribution is 7.13. The molecule has 1 aromatic carbocycles. The molecule has 3 aromatic rings. The molecule has 0 saturated heterocycles. The Bertz CT molecular complexity index is 839. The molecule has 2 heterocycles. The number of methoxy groups -OCH3 is 1. The number of aromatic nitrogens is 2. The fraction of sp³-hybridized carbons (Fsp3) is 0.211. The molecule has 6 nitrogen and oxygen atoms in total. The second kappa shape index (κ2) is 8.96. The van der Waals surface area contributed by atoms with Crippen molar-refractivity contribution < 1.29 is 14.3 Å². The SMILES string of the molecule is COc1cc(C(=O)Nc2nccs2)cc(OCCCc2ccccc2)n1. The first-order valence-electron chi connectivity index (χ1n) is 8.18. The summed E-state index contributed by atoms with van der Waals surface area (Å²) in [6, 6.07) is 13.4. The average Bonchev–Trinajstić information content (AvgIpc) is 3.19. The van der Waals surface area contributed by atoms with E-state index in [9.17, 15) is 4.79 Å². The van der Waals surface area contributed by atoms with E-state index in [4.69, 9.17) is 9.47 Å². The molecule has 0 atom stereocenters. The number of anilines is 1. The van der Waals surface area contributed by atoms with E-state index in [1.807, 2.05) is 18.2 Å². The van der Waals surface area contributed by atoms with Gasteiger partial charge in [-0.1, -0.05) is 30.3 Å². The molecule has 0 spiro atoms. The first-order valence-corrected chi connectivity index (χ1v) is 9.06. The van der Waals surface area contributed by atoms with Crippen LogP contribution in [0.2, 0.25) is 0 Å². The number of benzene rings is 1. The first-order chi connectivity index (χ1) is 12.7. The van der Waals surface area contributed by atoms with Crippen molar-refractivity contribution >= 4 is 22.4 Å². The van der Waals surface area contributed by atoms with Crippen LogP contribution in [0.5, 0.6) is 11.8 Å². The lowest BCUT2D eigenvalue weighted by Crippen LogP contribution is -2.13.